The molecule has 114 valence electrons. The highest BCUT2D eigenvalue weighted by atomic mass is 32.2. The number of amides is 1. The Morgan fingerprint density at radius 2 is 2.10 bits per heavy atom. The molecule has 1 saturated carbocycles. The monoisotopic (exact) mass is 305 g/mol. The zero-order chi connectivity index (χ0) is 14.9. The molecule has 1 aromatic carbocycles. The number of nitrogens with one attached hydrogen (secondary N) is 1. The number of rotatable bonds is 4. The van der Waals surface area contributed by atoms with Crippen LogP contribution in [-0.4, -0.2) is 34.7 Å². The average Bonchev–Trinajstić information content (AvgIpc) is 3.27. The fourth-order valence-corrected chi connectivity index (χ4v) is 4.39. The summed E-state index contributed by atoms with van der Waals surface area (Å²) in [6.45, 7) is 2.51. The van der Waals surface area contributed by atoms with Crippen molar-refractivity contribution in [2.45, 2.75) is 37.7 Å². The van der Waals surface area contributed by atoms with Crippen molar-refractivity contribution in [3.05, 3.63) is 35.4 Å². The summed E-state index contributed by atoms with van der Waals surface area (Å²) in [5.41, 5.74) is 1.87. The van der Waals surface area contributed by atoms with E-state index in [1.165, 1.54) is 11.1 Å². The molecular formula is C17H23NO2S. The molecule has 2 aliphatic rings. The van der Waals surface area contributed by atoms with Crippen LogP contribution >= 0.6 is 11.8 Å². The zero-order valence-corrected chi connectivity index (χ0v) is 13.3. The fraction of sp³-hybridized carbons (Fsp3) is 0.588. The van der Waals surface area contributed by atoms with Crippen molar-refractivity contribution in [2.75, 3.05) is 18.1 Å². The van der Waals surface area contributed by atoms with Crippen LogP contribution in [0, 0.1) is 12.8 Å². The van der Waals surface area contributed by atoms with Crippen LogP contribution in [0.15, 0.2) is 24.3 Å². The predicted molar refractivity (Wildman–Crippen MR) is 86.5 cm³/mol. The van der Waals surface area contributed by atoms with Gasteiger partial charge in [0.05, 0.1) is 5.60 Å². The van der Waals surface area contributed by atoms with Crippen LogP contribution < -0.4 is 5.32 Å². The summed E-state index contributed by atoms with van der Waals surface area (Å²) < 4.78 is 0. The van der Waals surface area contributed by atoms with E-state index >= 15 is 0 Å². The second-order valence-corrected chi connectivity index (χ2v) is 7.58. The van der Waals surface area contributed by atoms with E-state index in [1.54, 1.807) is 0 Å². The minimum absolute atomic E-state index is 0.0904. The number of aliphatic hydroxyl groups is 1. The Labute approximate surface area is 130 Å². The lowest BCUT2D eigenvalue weighted by atomic mass is 9.96. The first-order chi connectivity index (χ1) is 10.1. The minimum Gasteiger partial charge on any atom is -0.388 e. The molecule has 0 radical (unpaired) electrons. The molecule has 1 amide bonds. The Balaban J connectivity index is 1.53. The van der Waals surface area contributed by atoms with Gasteiger partial charge in [0, 0.05) is 12.5 Å². The highest BCUT2D eigenvalue weighted by Gasteiger charge is 2.45. The Kier molecular flexibility index (Phi) is 4.27. The SMILES string of the molecule is Cc1ccccc1[C@@H]1C[C@@H]1C(=O)NCC1(O)CCSCC1. The lowest BCUT2D eigenvalue weighted by molar-refractivity contribution is -0.123. The van der Waals surface area contributed by atoms with Crippen molar-refractivity contribution in [3.63, 3.8) is 0 Å². The fourth-order valence-electron chi connectivity index (χ4n) is 3.14. The Hall–Kier alpha value is -1.00. The molecule has 3 rings (SSSR count). The molecule has 2 N–H and O–H groups in total. The van der Waals surface area contributed by atoms with Gasteiger partial charge in [-0.3, -0.25) is 4.79 Å². The first kappa shape index (κ1) is 14.9. The summed E-state index contributed by atoms with van der Waals surface area (Å²) in [7, 11) is 0. The van der Waals surface area contributed by atoms with Crippen LogP contribution in [0.4, 0.5) is 0 Å². The van der Waals surface area contributed by atoms with Crippen molar-refractivity contribution < 1.29 is 9.90 Å². The molecule has 2 atom stereocenters. The van der Waals surface area contributed by atoms with Gasteiger partial charge in [-0.15, -0.1) is 0 Å². The smallest absolute Gasteiger partial charge is 0.223 e. The standard InChI is InChI=1S/C17H23NO2S/c1-12-4-2-3-5-13(12)14-10-15(14)16(19)18-11-17(20)6-8-21-9-7-17/h2-5,14-15,20H,6-11H2,1H3,(H,18,19)/t14-,15-/m0/s1. The van der Waals surface area contributed by atoms with Gasteiger partial charge in [0.1, 0.15) is 0 Å². The zero-order valence-electron chi connectivity index (χ0n) is 12.5. The summed E-state index contributed by atoms with van der Waals surface area (Å²) in [6.07, 6.45) is 2.50. The lowest BCUT2D eigenvalue weighted by Gasteiger charge is -2.31. The Bertz CT molecular complexity index is 525. The second kappa shape index (κ2) is 6.01. The molecule has 4 heteroatoms. The molecule has 1 aliphatic heterocycles. The van der Waals surface area contributed by atoms with Crippen LogP contribution in [0.2, 0.25) is 0 Å². The molecule has 1 aromatic rings. The number of benzene rings is 1. The molecule has 1 aliphatic carbocycles. The molecule has 21 heavy (non-hydrogen) atoms. The van der Waals surface area contributed by atoms with Gasteiger partial charge in [0.25, 0.3) is 0 Å². The molecule has 0 unspecified atom stereocenters. The van der Waals surface area contributed by atoms with Crippen molar-refractivity contribution >= 4 is 17.7 Å². The van der Waals surface area contributed by atoms with E-state index in [1.807, 2.05) is 23.9 Å². The van der Waals surface area contributed by atoms with Crippen molar-refractivity contribution in [2.24, 2.45) is 5.92 Å². The number of carbonyl (C=O) groups excluding carboxylic acids is 1. The Morgan fingerprint density at radius 3 is 2.81 bits per heavy atom. The predicted octanol–water partition coefficient (Wildman–Crippen LogP) is 2.47. The first-order valence-corrected chi connectivity index (χ1v) is 8.88. The van der Waals surface area contributed by atoms with Gasteiger partial charge in [0.2, 0.25) is 5.91 Å². The van der Waals surface area contributed by atoms with Crippen LogP contribution in [-0.2, 0) is 4.79 Å². The topological polar surface area (TPSA) is 49.3 Å². The van der Waals surface area contributed by atoms with Gasteiger partial charge >= 0.3 is 0 Å². The van der Waals surface area contributed by atoms with Gasteiger partial charge in [-0.2, -0.15) is 11.8 Å². The number of thioether (sulfide) groups is 1. The van der Waals surface area contributed by atoms with E-state index in [-0.39, 0.29) is 11.8 Å². The third kappa shape index (κ3) is 3.43. The average molecular weight is 305 g/mol. The highest BCUT2D eigenvalue weighted by molar-refractivity contribution is 7.99. The number of carbonyl (C=O) groups is 1. The molecule has 1 saturated heterocycles. The normalized spacial score (nSPS) is 27.1. The number of hydrogen-bond acceptors (Lipinski definition) is 3. The number of hydrogen-bond donors (Lipinski definition) is 2. The quantitative estimate of drug-likeness (QED) is 0.898. The Morgan fingerprint density at radius 1 is 1.38 bits per heavy atom. The van der Waals surface area contributed by atoms with Crippen LogP contribution in [0.25, 0.3) is 0 Å². The summed E-state index contributed by atoms with van der Waals surface area (Å²) in [6, 6.07) is 8.30. The molecular weight excluding hydrogens is 282 g/mol. The maximum absolute atomic E-state index is 12.3. The lowest BCUT2D eigenvalue weighted by Crippen LogP contribution is -2.45. The van der Waals surface area contributed by atoms with E-state index in [9.17, 15) is 9.90 Å². The van der Waals surface area contributed by atoms with Gasteiger partial charge < -0.3 is 10.4 Å². The summed E-state index contributed by atoms with van der Waals surface area (Å²) >= 11 is 1.88. The minimum atomic E-state index is -0.687. The third-order valence-electron chi connectivity index (χ3n) is 4.73. The highest BCUT2D eigenvalue weighted by Crippen LogP contribution is 2.48. The molecule has 0 aromatic heterocycles. The van der Waals surface area contributed by atoms with Crippen LogP contribution in [0.3, 0.4) is 0 Å². The molecule has 0 bridgehead atoms. The van der Waals surface area contributed by atoms with Crippen molar-refractivity contribution in [3.8, 4) is 0 Å². The van der Waals surface area contributed by atoms with Gasteiger partial charge in [-0.1, -0.05) is 24.3 Å². The van der Waals surface area contributed by atoms with E-state index in [2.05, 4.69) is 24.4 Å². The molecule has 2 fully saturated rings. The maximum Gasteiger partial charge on any atom is 0.223 e. The first-order valence-electron chi connectivity index (χ1n) is 7.72. The number of aryl methyl sites for hydroxylation is 1. The largest absolute Gasteiger partial charge is 0.388 e. The van der Waals surface area contributed by atoms with Crippen LogP contribution in [0.1, 0.15) is 36.3 Å². The van der Waals surface area contributed by atoms with Gasteiger partial charge in [-0.05, 0) is 54.7 Å². The molecule has 1 heterocycles. The van der Waals surface area contributed by atoms with E-state index in [0.29, 0.717) is 12.5 Å². The summed E-state index contributed by atoms with van der Waals surface area (Å²) in [4.78, 5) is 12.3. The second-order valence-electron chi connectivity index (χ2n) is 6.36. The third-order valence-corrected chi connectivity index (χ3v) is 5.72. The van der Waals surface area contributed by atoms with Gasteiger partial charge in [-0.25, -0.2) is 0 Å². The van der Waals surface area contributed by atoms with E-state index in [4.69, 9.17) is 0 Å². The van der Waals surface area contributed by atoms with Crippen molar-refractivity contribution in [1.29, 1.82) is 0 Å². The molecule has 3 nitrogen and oxygen atoms in total. The molecule has 0 spiro atoms. The van der Waals surface area contributed by atoms with E-state index < -0.39 is 5.60 Å². The van der Waals surface area contributed by atoms with Crippen molar-refractivity contribution in [1.82, 2.24) is 5.32 Å². The summed E-state index contributed by atoms with van der Waals surface area (Å²) in [5, 5.41) is 13.4. The van der Waals surface area contributed by atoms with Crippen LogP contribution in [0.5, 0.6) is 0 Å². The maximum atomic E-state index is 12.3. The summed E-state index contributed by atoms with van der Waals surface area (Å²) in [5.74, 6) is 2.54. The van der Waals surface area contributed by atoms with Gasteiger partial charge in [0.15, 0.2) is 0 Å². The van der Waals surface area contributed by atoms with E-state index in [0.717, 1.165) is 30.8 Å².